The fourth-order valence-corrected chi connectivity index (χ4v) is 1.16. The van der Waals surface area contributed by atoms with Crippen LogP contribution in [0.3, 0.4) is 0 Å². The summed E-state index contributed by atoms with van der Waals surface area (Å²) in [5.41, 5.74) is 1.08. The molecule has 0 aliphatic rings. The normalized spacial score (nSPS) is 12.2. The van der Waals surface area contributed by atoms with Crippen molar-refractivity contribution >= 4 is 5.91 Å². The summed E-state index contributed by atoms with van der Waals surface area (Å²) >= 11 is 0. The Morgan fingerprint density at radius 2 is 2.25 bits per heavy atom. The van der Waals surface area contributed by atoms with Crippen LogP contribution in [0, 0.1) is 6.92 Å². The maximum Gasteiger partial charge on any atom is 0.271 e. The van der Waals surface area contributed by atoms with Crippen molar-refractivity contribution in [3.63, 3.8) is 0 Å². The molecule has 0 fully saturated rings. The van der Waals surface area contributed by atoms with Gasteiger partial charge in [0.15, 0.2) is 0 Å². The van der Waals surface area contributed by atoms with Crippen molar-refractivity contribution in [3.05, 3.63) is 23.8 Å². The number of rotatable bonds is 5. The highest BCUT2D eigenvalue weighted by Crippen LogP contribution is 1.96. The summed E-state index contributed by atoms with van der Waals surface area (Å²) in [4.78, 5) is 19.5. The van der Waals surface area contributed by atoms with Crippen LogP contribution in [0.4, 0.5) is 0 Å². The van der Waals surface area contributed by atoms with E-state index in [9.17, 15) is 9.90 Å². The number of hydrogen-bond donors (Lipinski definition) is 2. The van der Waals surface area contributed by atoms with Gasteiger partial charge in [0, 0.05) is 12.7 Å². The minimum Gasteiger partial charge on any atom is -0.393 e. The van der Waals surface area contributed by atoms with Gasteiger partial charge in [0.25, 0.3) is 5.91 Å². The van der Waals surface area contributed by atoms with E-state index < -0.39 is 0 Å². The van der Waals surface area contributed by atoms with Gasteiger partial charge in [-0.2, -0.15) is 0 Å². The number of aryl methyl sites for hydroxylation is 1. The van der Waals surface area contributed by atoms with Crippen LogP contribution >= 0.6 is 0 Å². The zero-order valence-electron chi connectivity index (χ0n) is 9.60. The molecule has 0 aromatic carbocycles. The number of aliphatic hydroxyl groups is 1. The lowest BCUT2D eigenvalue weighted by Crippen LogP contribution is -2.27. The first-order chi connectivity index (χ1) is 7.63. The molecule has 1 unspecified atom stereocenters. The lowest BCUT2D eigenvalue weighted by atomic mass is 10.2. The van der Waals surface area contributed by atoms with Gasteiger partial charge in [-0.05, 0) is 19.8 Å². The quantitative estimate of drug-likeness (QED) is 0.769. The standard InChI is InChI=1S/C11H17N3O2/c1-3-9(15)4-5-12-11(16)10-7-13-8(2)6-14-10/h6-7,9,15H,3-5H2,1-2H3,(H,12,16). The summed E-state index contributed by atoms with van der Waals surface area (Å²) in [5, 5.41) is 12.0. The number of carbonyl (C=O) groups excluding carboxylic acids is 1. The molecule has 1 atom stereocenters. The molecule has 16 heavy (non-hydrogen) atoms. The van der Waals surface area contributed by atoms with Crippen molar-refractivity contribution in [3.8, 4) is 0 Å². The Kier molecular flexibility index (Phi) is 4.85. The minimum absolute atomic E-state index is 0.254. The number of aromatic nitrogens is 2. The number of hydrogen-bond acceptors (Lipinski definition) is 4. The topological polar surface area (TPSA) is 75.1 Å². The van der Waals surface area contributed by atoms with Crippen molar-refractivity contribution in [1.29, 1.82) is 0 Å². The fraction of sp³-hybridized carbons (Fsp3) is 0.545. The zero-order valence-corrected chi connectivity index (χ0v) is 9.60. The van der Waals surface area contributed by atoms with Crippen LogP contribution in [0.5, 0.6) is 0 Å². The number of amides is 1. The molecular formula is C11H17N3O2. The van der Waals surface area contributed by atoms with E-state index in [-0.39, 0.29) is 12.0 Å². The second-order valence-corrected chi connectivity index (χ2v) is 3.65. The van der Waals surface area contributed by atoms with Crippen molar-refractivity contribution < 1.29 is 9.90 Å². The summed E-state index contributed by atoms with van der Waals surface area (Å²) in [6.07, 6.45) is 3.89. The summed E-state index contributed by atoms with van der Waals surface area (Å²) in [6.45, 7) is 4.16. The van der Waals surface area contributed by atoms with E-state index in [4.69, 9.17) is 0 Å². The van der Waals surface area contributed by atoms with Gasteiger partial charge in [-0.25, -0.2) is 4.98 Å². The molecule has 5 heteroatoms. The molecule has 0 saturated carbocycles. The van der Waals surface area contributed by atoms with E-state index in [1.54, 1.807) is 6.20 Å². The highest BCUT2D eigenvalue weighted by atomic mass is 16.3. The second kappa shape index (κ2) is 6.17. The predicted molar refractivity (Wildman–Crippen MR) is 60.0 cm³/mol. The predicted octanol–water partition coefficient (Wildman–Crippen LogP) is 0.676. The summed E-state index contributed by atoms with van der Waals surface area (Å²) in [5.74, 6) is -0.254. The van der Waals surface area contributed by atoms with E-state index in [0.29, 0.717) is 25.1 Å². The number of carbonyl (C=O) groups is 1. The van der Waals surface area contributed by atoms with Gasteiger partial charge in [-0.15, -0.1) is 0 Å². The Labute approximate surface area is 94.9 Å². The van der Waals surface area contributed by atoms with Gasteiger partial charge in [-0.3, -0.25) is 9.78 Å². The number of nitrogens with one attached hydrogen (secondary N) is 1. The van der Waals surface area contributed by atoms with Gasteiger partial charge >= 0.3 is 0 Å². The molecule has 0 saturated heterocycles. The third-order valence-electron chi connectivity index (χ3n) is 2.25. The molecule has 0 bridgehead atoms. The van der Waals surface area contributed by atoms with Crippen LogP contribution in [0.25, 0.3) is 0 Å². The van der Waals surface area contributed by atoms with Crippen LogP contribution < -0.4 is 5.32 Å². The SMILES string of the molecule is CCC(O)CCNC(=O)c1cnc(C)cn1. The average molecular weight is 223 g/mol. The lowest BCUT2D eigenvalue weighted by Gasteiger charge is -2.08. The number of nitrogens with zero attached hydrogens (tertiary/aromatic N) is 2. The molecule has 1 rings (SSSR count). The molecule has 0 radical (unpaired) electrons. The highest BCUT2D eigenvalue weighted by molar-refractivity contribution is 5.91. The summed E-state index contributed by atoms with van der Waals surface area (Å²) < 4.78 is 0. The van der Waals surface area contributed by atoms with E-state index in [1.807, 2.05) is 13.8 Å². The van der Waals surface area contributed by atoms with E-state index in [2.05, 4.69) is 15.3 Å². The zero-order chi connectivity index (χ0) is 12.0. The first-order valence-corrected chi connectivity index (χ1v) is 5.38. The molecule has 2 N–H and O–H groups in total. The fourth-order valence-electron chi connectivity index (χ4n) is 1.16. The van der Waals surface area contributed by atoms with E-state index >= 15 is 0 Å². The highest BCUT2D eigenvalue weighted by Gasteiger charge is 2.07. The molecule has 1 aromatic rings. The summed E-state index contributed by atoms with van der Waals surface area (Å²) in [7, 11) is 0. The molecule has 1 heterocycles. The Morgan fingerprint density at radius 3 is 2.81 bits per heavy atom. The molecule has 5 nitrogen and oxygen atoms in total. The molecule has 0 aliphatic carbocycles. The van der Waals surface area contributed by atoms with Crippen LogP contribution in [-0.2, 0) is 0 Å². The Morgan fingerprint density at radius 1 is 1.50 bits per heavy atom. The minimum atomic E-state index is -0.357. The monoisotopic (exact) mass is 223 g/mol. The maximum atomic E-state index is 11.5. The molecule has 1 aromatic heterocycles. The van der Waals surface area contributed by atoms with Gasteiger partial charge in [0.2, 0.25) is 0 Å². The van der Waals surface area contributed by atoms with Gasteiger partial charge in [-0.1, -0.05) is 6.92 Å². The van der Waals surface area contributed by atoms with E-state index in [0.717, 1.165) is 5.69 Å². The van der Waals surface area contributed by atoms with Gasteiger partial charge in [0.05, 0.1) is 18.0 Å². The Balaban J connectivity index is 2.38. The molecule has 0 spiro atoms. The first kappa shape index (κ1) is 12.6. The van der Waals surface area contributed by atoms with Gasteiger partial charge < -0.3 is 10.4 Å². The maximum absolute atomic E-state index is 11.5. The van der Waals surface area contributed by atoms with Gasteiger partial charge in [0.1, 0.15) is 5.69 Å². The molecule has 1 amide bonds. The van der Waals surface area contributed by atoms with E-state index in [1.165, 1.54) is 6.20 Å². The lowest BCUT2D eigenvalue weighted by molar-refractivity contribution is 0.0936. The molecular weight excluding hydrogens is 206 g/mol. The number of aliphatic hydroxyl groups excluding tert-OH is 1. The van der Waals surface area contributed by atoms with Crippen LogP contribution in [-0.4, -0.2) is 33.6 Å². The third-order valence-corrected chi connectivity index (χ3v) is 2.25. The van der Waals surface area contributed by atoms with Crippen LogP contribution in [0.15, 0.2) is 12.4 Å². The largest absolute Gasteiger partial charge is 0.393 e. The van der Waals surface area contributed by atoms with Crippen molar-refractivity contribution in [2.24, 2.45) is 0 Å². The second-order valence-electron chi connectivity index (χ2n) is 3.65. The van der Waals surface area contributed by atoms with Crippen molar-refractivity contribution in [2.75, 3.05) is 6.54 Å². The third kappa shape index (κ3) is 3.94. The van der Waals surface area contributed by atoms with Crippen molar-refractivity contribution in [1.82, 2.24) is 15.3 Å². The Hall–Kier alpha value is -1.49. The van der Waals surface area contributed by atoms with Crippen molar-refractivity contribution in [2.45, 2.75) is 32.8 Å². The van der Waals surface area contributed by atoms with Crippen LogP contribution in [0.1, 0.15) is 35.9 Å². The average Bonchev–Trinajstić information content (AvgIpc) is 2.29. The smallest absolute Gasteiger partial charge is 0.271 e. The molecule has 88 valence electrons. The Bertz CT molecular complexity index is 338. The van der Waals surface area contributed by atoms with Crippen LogP contribution in [0.2, 0.25) is 0 Å². The first-order valence-electron chi connectivity index (χ1n) is 5.38. The molecule has 0 aliphatic heterocycles. The summed E-state index contributed by atoms with van der Waals surface area (Å²) in [6, 6.07) is 0.